The summed E-state index contributed by atoms with van der Waals surface area (Å²) in [6, 6.07) is 9.67. The Morgan fingerprint density at radius 1 is 1.15 bits per heavy atom. The first-order chi connectivity index (χ1) is 16.2. The fraction of sp³-hybridized carbons (Fsp3) is 0.538. The lowest BCUT2D eigenvalue weighted by Gasteiger charge is -2.46. The first-order valence-corrected chi connectivity index (χ1v) is 12.3. The van der Waals surface area contributed by atoms with Gasteiger partial charge in [0.15, 0.2) is 5.82 Å². The largest absolute Gasteiger partial charge is 0.375 e. The summed E-state index contributed by atoms with van der Waals surface area (Å²) in [5, 5.41) is 5.25. The number of fused-ring (bicyclic) bond motifs is 1. The van der Waals surface area contributed by atoms with Crippen LogP contribution in [0.25, 0.3) is 10.9 Å². The maximum absolute atomic E-state index is 13.1. The molecule has 3 aromatic rings. The van der Waals surface area contributed by atoms with Crippen LogP contribution in [0.5, 0.6) is 0 Å². The normalized spacial score (nSPS) is 23.0. The standard InChI is InChI=1S/C26H30N4O3/c31-25(21-6-7-22-20(16-21)5-2-11-27-22)30-12-9-26(10-13-30)17-18(8-14-32-26)15-23-28-24(33-29-23)19-3-1-4-19/h2,5-7,11,16,18-19H,1,3-4,8-10,12-15,17H2. The number of ether oxygens (including phenoxy) is 1. The van der Waals surface area contributed by atoms with Crippen LogP contribution in [0.3, 0.4) is 0 Å². The average Bonchev–Trinajstić information content (AvgIpc) is 3.25. The van der Waals surface area contributed by atoms with Gasteiger partial charge in [0, 0.05) is 49.2 Å². The quantitative estimate of drug-likeness (QED) is 0.586. The molecule has 1 unspecified atom stereocenters. The molecule has 2 aromatic heterocycles. The van der Waals surface area contributed by atoms with E-state index < -0.39 is 0 Å². The number of carbonyl (C=O) groups is 1. The number of piperidine rings is 1. The summed E-state index contributed by atoms with van der Waals surface area (Å²) < 4.78 is 11.8. The van der Waals surface area contributed by atoms with Crippen LogP contribution in [0, 0.1) is 5.92 Å². The minimum Gasteiger partial charge on any atom is -0.375 e. The molecule has 4 heterocycles. The van der Waals surface area contributed by atoms with Gasteiger partial charge in [-0.2, -0.15) is 4.98 Å². The number of pyridine rings is 1. The van der Waals surface area contributed by atoms with Gasteiger partial charge >= 0.3 is 0 Å². The van der Waals surface area contributed by atoms with Crippen molar-refractivity contribution in [3.8, 4) is 0 Å². The number of benzene rings is 1. The molecule has 0 N–H and O–H groups in total. The molecule has 0 radical (unpaired) electrons. The van der Waals surface area contributed by atoms with Gasteiger partial charge in [-0.1, -0.05) is 17.6 Å². The molecule has 1 spiro atoms. The molecule has 2 saturated heterocycles. The molecule has 33 heavy (non-hydrogen) atoms. The van der Waals surface area contributed by atoms with Crippen molar-refractivity contribution in [2.75, 3.05) is 19.7 Å². The van der Waals surface area contributed by atoms with Crippen molar-refractivity contribution in [1.29, 1.82) is 0 Å². The number of hydrogen-bond acceptors (Lipinski definition) is 6. The maximum Gasteiger partial charge on any atom is 0.253 e. The van der Waals surface area contributed by atoms with E-state index in [0.717, 1.165) is 80.0 Å². The Hall–Kier alpha value is -2.80. The Morgan fingerprint density at radius 3 is 2.85 bits per heavy atom. The molecule has 1 amide bonds. The number of amides is 1. The van der Waals surface area contributed by atoms with Crippen molar-refractivity contribution < 1.29 is 14.1 Å². The van der Waals surface area contributed by atoms with Crippen LogP contribution in [-0.4, -0.2) is 51.2 Å². The predicted octanol–water partition coefficient (Wildman–Crippen LogP) is 4.53. The van der Waals surface area contributed by atoms with Gasteiger partial charge in [-0.05, 0) is 68.7 Å². The SMILES string of the molecule is O=C(c1ccc2ncccc2c1)N1CCC2(CC1)CC(Cc1noc(C3CCC3)n1)CCO2. The molecule has 3 fully saturated rings. The van der Waals surface area contributed by atoms with Crippen LogP contribution in [0.1, 0.15) is 72.9 Å². The van der Waals surface area contributed by atoms with E-state index in [2.05, 4.69) is 15.1 Å². The zero-order valence-electron chi connectivity index (χ0n) is 18.9. The summed E-state index contributed by atoms with van der Waals surface area (Å²) in [5.41, 5.74) is 1.51. The van der Waals surface area contributed by atoms with E-state index in [1.807, 2.05) is 35.2 Å². The van der Waals surface area contributed by atoms with E-state index in [9.17, 15) is 4.79 Å². The van der Waals surface area contributed by atoms with E-state index in [4.69, 9.17) is 9.26 Å². The zero-order chi connectivity index (χ0) is 22.3. The molecule has 1 saturated carbocycles. The number of nitrogens with zero attached hydrogens (tertiary/aromatic N) is 4. The smallest absolute Gasteiger partial charge is 0.253 e. The highest BCUT2D eigenvalue weighted by atomic mass is 16.5. The summed E-state index contributed by atoms with van der Waals surface area (Å²) in [7, 11) is 0. The monoisotopic (exact) mass is 446 g/mol. The van der Waals surface area contributed by atoms with Crippen LogP contribution in [0.4, 0.5) is 0 Å². The van der Waals surface area contributed by atoms with Gasteiger partial charge < -0.3 is 14.2 Å². The molecular formula is C26H30N4O3. The lowest BCUT2D eigenvalue weighted by molar-refractivity contribution is -0.123. The van der Waals surface area contributed by atoms with Crippen molar-refractivity contribution in [3.05, 3.63) is 53.8 Å². The number of aromatic nitrogens is 3. The Kier molecular flexibility index (Phi) is 5.37. The Bertz CT molecular complexity index is 1150. The van der Waals surface area contributed by atoms with Gasteiger partial charge in [0.1, 0.15) is 0 Å². The molecule has 172 valence electrons. The lowest BCUT2D eigenvalue weighted by Crippen LogP contribution is -2.51. The van der Waals surface area contributed by atoms with Gasteiger partial charge in [0.05, 0.1) is 11.1 Å². The third kappa shape index (κ3) is 4.14. The number of hydrogen-bond donors (Lipinski definition) is 0. The topological polar surface area (TPSA) is 81.4 Å². The predicted molar refractivity (Wildman–Crippen MR) is 123 cm³/mol. The van der Waals surface area contributed by atoms with Crippen LogP contribution < -0.4 is 0 Å². The van der Waals surface area contributed by atoms with Gasteiger partial charge in [0.25, 0.3) is 5.91 Å². The molecule has 2 aliphatic heterocycles. The highest BCUT2D eigenvalue weighted by molar-refractivity contribution is 5.98. The molecule has 7 nitrogen and oxygen atoms in total. The fourth-order valence-electron chi connectivity index (χ4n) is 5.59. The highest BCUT2D eigenvalue weighted by Crippen LogP contribution is 2.39. The fourth-order valence-corrected chi connectivity index (χ4v) is 5.59. The van der Waals surface area contributed by atoms with Crippen LogP contribution >= 0.6 is 0 Å². The summed E-state index contributed by atoms with van der Waals surface area (Å²) in [5.74, 6) is 2.75. The van der Waals surface area contributed by atoms with Gasteiger partial charge in [-0.25, -0.2) is 0 Å². The third-order valence-electron chi connectivity index (χ3n) is 7.82. The van der Waals surface area contributed by atoms with Crippen LogP contribution in [0.15, 0.2) is 41.1 Å². The van der Waals surface area contributed by atoms with Crippen molar-refractivity contribution in [2.24, 2.45) is 5.92 Å². The molecule has 1 aromatic carbocycles. The Labute approximate surface area is 193 Å². The van der Waals surface area contributed by atoms with Crippen molar-refractivity contribution >= 4 is 16.8 Å². The van der Waals surface area contributed by atoms with E-state index in [1.54, 1.807) is 6.20 Å². The number of rotatable bonds is 4. The second kappa shape index (κ2) is 8.52. The van der Waals surface area contributed by atoms with E-state index in [-0.39, 0.29) is 11.5 Å². The summed E-state index contributed by atoms with van der Waals surface area (Å²) in [6.07, 6.45) is 10.0. The first-order valence-electron chi connectivity index (χ1n) is 12.3. The molecule has 1 atom stereocenters. The van der Waals surface area contributed by atoms with Crippen LogP contribution in [-0.2, 0) is 11.2 Å². The average molecular weight is 447 g/mol. The Morgan fingerprint density at radius 2 is 2.03 bits per heavy atom. The summed E-state index contributed by atoms with van der Waals surface area (Å²) >= 11 is 0. The molecule has 3 aliphatic rings. The van der Waals surface area contributed by atoms with Gasteiger partial charge in [-0.15, -0.1) is 0 Å². The van der Waals surface area contributed by atoms with Crippen LogP contribution in [0.2, 0.25) is 0 Å². The van der Waals surface area contributed by atoms with Gasteiger partial charge in [-0.3, -0.25) is 9.78 Å². The first kappa shape index (κ1) is 20.8. The highest BCUT2D eigenvalue weighted by Gasteiger charge is 2.41. The third-order valence-corrected chi connectivity index (χ3v) is 7.82. The van der Waals surface area contributed by atoms with Crippen molar-refractivity contribution in [2.45, 2.75) is 62.9 Å². The number of likely N-dealkylation sites (tertiary alicyclic amines) is 1. The van der Waals surface area contributed by atoms with E-state index in [1.165, 1.54) is 19.3 Å². The minimum atomic E-state index is -0.131. The Balaban J connectivity index is 1.07. The van der Waals surface area contributed by atoms with E-state index >= 15 is 0 Å². The van der Waals surface area contributed by atoms with Gasteiger partial charge in [0.2, 0.25) is 5.89 Å². The zero-order valence-corrected chi connectivity index (χ0v) is 18.9. The maximum atomic E-state index is 13.1. The minimum absolute atomic E-state index is 0.0956. The van der Waals surface area contributed by atoms with Crippen molar-refractivity contribution in [1.82, 2.24) is 20.0 Å². The molecule has 7 heteroatoms. The summed E-state index contributed by atoms with van der Waals surface area (Å²) in [6.45, 7) is 2.22. The molecule has 0 bridgehead atoms. The number of carbonyl (C=O) groups excluding carboxylic acids is 1. The second-order valence-electron chi connectivity index (χ2n) is 9.97. The second-order valence-corrected chi connectivity index (χ2v) is 9.97. The lowest BCUT2D eigenvalue weighted by atomic mass is 9.78. The molecular weight excluding hydrogens is 416 g/mol. The molecule has 6 rings (SSSR count). The molecule has 1 aliphatic carbocycles. The summed E-state index contributed by atoms with van der Waals surface area (Å²) in [4.78, 5) is 24.1. The van der Waals surface area contributed by atoms with Crippen molar-refractivity contribution in [3.63, 3.8) is 0 Å². The van der Waals surface area contributed by atoms with E-state index in [0.29, 0.717) is 11.8 Å².